The molecule has 0 atom stereocenters. The van der Waals surface area contributed by atoms with Crippen molar-refractivity contribution in [3.8, 4) is 0 Å². The van der Waals surface area contributed by atoms with Gasteiger partial charge in [-0.05, 0) is 12.8 Å². The van der Waals surface area contributed by atoms with Crippen LogP contribution in [0.3, 0.4) is 0 Å². The minimum absolute atomic E-state index is 0.00299. The number of hydrogen-bond donors (Lipinski definition) is 1. The quantitative estimate of drug-likeness (QED) is 0.649. The van der Waals surface area contributed by atoms with Crippen LogP contribution in [0.2, 0.25) is 0 Å². The standard InChI is InChI=1S/C9H20N2O/c1-11(12-2)8-9(10)6-4-3-5-7-9/h3-8,10H2,1-2H3. The minimum Gasteiger partial charge on any atom is -0.324 e. The van der Waals surface area contributed by atoms with Gasteiger partial charge in [-0.1, -0.05) is 19.3 Å². The smallest absolute Gasteiger partial charge is 0.0575 e. The molecule has 0 bridgehead atoms. The van der Waals surface area contributed by atoms with E-state index in [0.29, 0.717) is 0 Å². The number of nitrogens with two attached hydrogens (primary N) is 1. The number of hydroxylamine groups is 2. The van der Waals surface area contributed by atoms with Gasteiger partial charge < -0.3 is 10.6 Å². The minimum atomic E-state index is 0.00299. The fraction of sp³-hybridized carbons (Fsp3) is 1.00. The maximum Gasteiger partial charge on any atom is 0.0575 e. The lowest BCUT2D eigenvalue weighted by Crippen LogP contribution is -2.50. The summed E-state index contributed by atoms with van der Waals surface area (Å²) in [6.45, 7) is 0.851. The summed E-state index contributed by atoms with van der Waals surface area (Å²) in [7, 11) is 3.62. The summed E-state index contributed by atoms with van der Waals surface area (Å²) in [5.41, 5.74) is 6.22. The fourth-order valence-corrected chi connectivity index (χ4v) is 1.92. The van der Waals surface area contributed by atoms with Gasteiger partial charge in [-0.2, -0.15) is 5.06 Å². The molecule has 1 aliphatic carbocycles. The molecule has 3 heteroatoms. The Morgan fingerprint density at radius 1 is 1.33 bits per heavy atom. The summed E-state index contributed by atoms with van der Waals surface area (Å²) in [5, 5.41) is 1.82. The molecule has 0 heterocycles. The van der Waals surface area contributed by atoms with Crippen LogP contribution in [-0.4, -0.2) is 31.3 Å². The molecule has 2 N–H and O–H groups in total. The molecule has 0 aliphatic heterocycles. The predicted molar refractivity (Wildman–Crippen MR) is 49.6 cm³/mol. The Kier molecular flexibility index (Phi) is 3.50. The summed E-state index contributed by atoms with van der Waals surface area (Å²) in [6, 6.07) is 0. The van der Waals surface area contributed by atoms with E-state index in [-0.39, 0.29) is 5.54 Å². The van der Waals surface area contributed by atoms with Gasteiger partial charge >= 0.3 is 0 Å². The topological polar surface area (TPSA) is 38.5 Å². The lowest BCUT2D eigenvalue weighted by atomic mass is 9.82. The Bertz CT molecular complexity index is 132. The van der Waals surface area contributed by atoms with Crippen molar-refractivity contribution in [2.45, 2.75) is 37.6 Å². The molecule has 0 amide bonds. The van der Waals surface area contributed by atoms with Crippen molar-refractivity contribution in [2.75, 3.05) is 20.7 Å². The molecule has 1 rings (SSSR count). The lowest BCUT2D eigenvalue weighted by molar-refractivity contribution is -0.123. The Morgan fingerprint density at radius 3 is 2.42 bits per heavy atom. The number of hydrogen-bond acceptors (Lipinski definition) is 3. The van der Waals surface area contributed by atoms with E-state index in [4.69, 9.17) is 10.6 Å². The summed E-state index contributed by atoms with van der Waals surface area (Å²) in [6.07, 6.45) is 6.17. The van der Waals surface area contributed by atoms with Crippen LogP contribution in [-0.2, 0) is 4.84 Å². The molecule has 1 aliphatic rings. The summed E-state index contributed by atoms with van der Waals surface area (Å²) >= 11 is 0. The molecule has 0 unspecified atom stereocenters. The second kappa shape index (κ2) is 4.21. The van der Waals surface area contributed by atoms with Crippen LogP contribution in [0.15, 0.2) is 0 Å². The highest BCUT2D eigenvalue weighted by molar-refractivity contribution is 4.88. The van der Waals surface area contributed by atoms with Gasteiger partial charge in [0.05, 0.1) is 7.11 Å². The van der Waals surface area contributed by atoms with Crippen LogP contribution >= 0.6 is 0 Å². The monoisotopic (exact) mass is 172 g/mol. The summed E-state index contributed by atoms with van der Waals surface area (Å²) in [5.74, 6) is 0. The van der Waals surface area contributed by atoms with E-state index in [0.717, 1.165) is 19.4 Å². The van der Waals surface area contributed by atoms with Crippen molar-refractivity contribution in [3.63, 3.8) is 0 Å². The molecule has 72 valence electrons. The van der Waals surface area contributed by atoms with Crippen molar-refractivity contribution in [1.29, 1.82) is 0 Å². The van der Waals surface area contributed by atoms with Crippen molar-refractivity contribution >= 4 is 0 Å². The van der Waals surface area contributed by atoms with Gasteiger partial charge in [-0.15, -0.1) is 0 Å². The van der Waals surface area contributed by atoms with Crippen LogP contribution < -0.4 is 5.73 Å². The molecule has 0 aromatic heterocycles. The Morgan fingerprint density at radius 2 is 1.92 bits per heavy atom. The largest absolute Gasteiger partial charge is 0.324 e. The van der Waals surface area contributed by atoms with E-state index < -0.39 is 0 Å². The van der Waals surface area contributed by atoms with Crippen LogP contribution in [0, 0.1) is 0 Å². The average Bonchev–Trinajstić information content (AvgIpc) is 2.05. The molecule has 0 radical (unpaired) electrons. The zero-order chi connectivity index (χ0) is 9.03. The SMILES string of the molecule is CON(C)CC1(N)CCCCC1. The number of rotatable bonds is 3. The van der Waals surface area contributed by atoms with E-state index in [1.54, 1.807) is 7.11 Å². The molecular formula is C9H20N2O. The highest BCUT2D eigenvalue weighted by Gasteiger charge is 2.28. The third kappa shape index (κ3) is 2.73. The van der Waals surface area contributed by atoms with Crippen LogP contribution in [0.5, 0.6) is 0 Å². The molecule has 1 fully saturated rings. The van der Waals surface area contributed by atoms with Crippen molar-refractivity contribution in [3.05, 3.63) is 0 Å². The van der Waals surface area contributed by atoms with Gasteiger partial charge in [0.25, 0.3) is 0 Å². The molecular weight excluding hydrogens is 152 g/mol. The van der Waals surface area contributed by atoms with Gasteiger partial charge in [-0.3, -0.25) is 0 Å². The van der Waals surface area contributed by atoms with E-state index in [1.807, 2.05) is 12.1 Å². The molecule has 0 spiro atoms. The maximum atomic E-state index is 6.21. The summed E-state index contributed by atoms with van der Waals surface area (Å²) < 4.78 is 0. The maximum absolute atomic E-state index is 6.21. The van der Waals surface area contributed by atoms with Crippen molar-refractivity contribution < 1.29 is 4.84 Å². The van der Waals surface area contributed by atoms with Gasteiger partial charge in [-0.25, -0.2) is 0 Å². The Hall–Kier alpha value is -0.120. The molecule has 1 saturated carbocycles. The van der Waals surface area contributed by atoms with E-state index in [9.17, 15) is 0 Å². The molecule has 0 aromatic rings. The second-order valence-corrected chi connectivity index (χ2v) is 3.89. The van der Waals surface area contributed by atoms with E-state index in [1.165, 1.54) is 19.3 Å². The van der Waals surface area contributed by atoms with Crippen LogP contribution in [0.25, 0.3) is 0 Å². The first-order chi connectivity index (χ1) is 5.66. The van der Waals surface area contributed by atoms with Crippen LogP contribution in [0.1, 0.15) is 32.1 Å². The van der Waals surface area contributed by atoms with Gasteiger partial charge in [0.15, 0.2) is 0 Å². The van der Waals surface area contributed by atoms with Gasteiger partial charge in [0.1, 0.15) is 0 Å². The zero-order valence-corrected chi connectivity index (χ0v) is 8.18. The van der Waals surface area contributed by atoms with Gasteiger partial charge in [0.2, 0.25) is 0 Å². The van der Waals surface area contributed by atoms with Crippen molar-refractivity contribution in [1.82, 2.24) is 5.06 Å². The first-order valence-corrected chi connectivity index (χ1v) is 4.70. The third-order valence-corrected chi connectivity index (χ3v) is 2.70. The molecule has 0 saturated heterocycles. The highest BCUT2D eigenvalue weighted by atomic mass is 16.7. The van der Waals surface area contributed by atoms with E-state index in [2.05, 4.69) is 0 Å². The highest BCUT2D eigenvalue weighted by Crippen LogP contribution is 2.26. The lowest BCUT2D eigenvalue weighted by Gasteiger charge is -2.35. The fourth-order valence-electron chi connectivity index (χ4n) is 1.92. The summed E-state index contributed by atoms with van der Waals surface area (Å²) in [4.78, 5) is 5.07. The number of likely N-dealkylation sites (N-methyl/N-ethyl adjacent to an activating group) is 1. The first kappa shape index (κ1) is 9.96. The molecule has 0 aromatic carbocycles. The Balaban J connectivity index is 2.35. The predicted octanol–water partition coefficient (Wildman–Crippen LogP) is 1.14. The normalized spacial score (nSPS) is 23.0. The van der Waals surface area contributed by atoms with E-state index >= 15 is 0 Å². The molecule has 12 heavy (non-hydrogen) atoms. The van der Waals surface area contributed by atoms with Crippen molar-refractivity contribution in [2.24, 2.45) is 5.73 Å². The third-order valence-electron chi connectivity index (χ3n) is 2.70. The second-order valence-electron chi connectivity index (χ2n) is 3.89. The molecule has 3 nitrogen and oxygen atoms in total. The number of nitrogens with zero attached hydrogens (tertiary/aromatic N) is 1. The van der Waals surface area contributed by atoms with Crippen LogP contribution in [0.4, 0.5) is 0 Å². The van der Waals surface area contributed by atoms with Gasteiger partial charge in [0, 0.05) is 19.1 Å². The average molecular weight is 172 g/mol. The Labute approximate surface area is 74.8 Å². The first-order valence-electron chi connectivity index (χ1n) is 4.70. The zero-order valence-electron chi connectivity index (χ0n) is 8.18.